The lowest BCUT2D eigenvalue weighted by Crippen LogP contribution is -2.55. The zero-order valence-corrected chi connectivity index (χ0v) is 17.8. The highest BCUT2D eigenvalue weighted by Gasteiger charge is 2.29. The summed E-state index contributed by atoms with van der Waals surface area (Å²) >= 11 is 5.89. The Labute approximate surface area is 181 Å². The number of nitrogens with one attached hydrogen (secondary N) is 2. The average molecular weight is 434 g/mol. The summed E-state index contributed by atoms with van der Waals surface area (Å²) in [5, 5.41) is 20.4. The van der Waals surface area contributed by atoms with Gasteiger partial charge < -0.3 is 15.2 Å². The molecule has 1 aliphatic carbocycles. The molecule has 0 spiro atoms. The van der Waals surface area contributed by atoms with E-state index in [1.54, 1.807) is 4.68 Å². The summed E-state index contributed by atoms with van der Waals surface area (Å²) in [5.74, 6) is 2.01. The SMILES string of the molecule is Cn1nc(C2CC2)cc1NC(=O)N[C@H](CO)CCN1CC(Oc2ccc(Cl)cc2)C1. The molecule has 1 saturated carbocycles. The molecule has 0 bridgehead atoms. The van der Waals surface area contributed by atoms with Gasteiger partial charge in [0.2, 0.25) is 0 Å². The molecular weight excluding hydrogens is 406 g/mol. The number of likely N-dealkylation sites (tertiary alicyclic amines) is 1. The van der Waals surface area contributed by atoms with E-state index >= 15 is 0 Å². The van der Waals surface area contributed by atoms with Crippen molar-refractivity contribution < 1.29 is 14.6 Å². The van der Waals surface area contributed by atoms with Gasteiger partial charge in [-0.2, -0.15) is 5.10 Å². The number of aromatic nitrogens is 2. The molecule has 3 N–H and O–H groups in total. The van der Waals surface area contributed by atoms with E-state index in [0.29, 0.717) is 23.2 Å². The van der Waals surface area contributed by atoms with E-state index < -0.39 is 0 Å². The number of aliphatic hydroxyl groups excluding tert-OH is 1. The lowest BCUT2D eigenvalue weighted by molar-refractivity contribution is 0.0168. The van der Waals surface area contributed by atoms with E-state index in [-0.39, 0.29) is 24.8 Å². The van der Waals surface area contributed by atoms with Crippen LogP contribution in [0.15, 0.2) is 30.3 Å². The van der Waals surface area contributed by atoms with Crippen LogP contribution in [-0.2, 0) is 7.05 Å². The number of hydrogen-bond donors (Lipinski definition) is 3. The normalized spacial score (nSPS) is 18.0. The molecule has 9 heteroatoms. The van der Waals surface area contributed by atoms with Crippen LogP contribution in [0.2, 0.25) is 5.02 Å². The van der Waals surface area contributed by atoms with Crippen molar-refractivity contribution in [2.45, 2.75) is 37.3 Å². The lowest BCUT2D eigenvalue weighted by Gasteiger charge is -2.39. The molecular formula is C21H28ClN5O3. The molecule has 30 heavy (non-hydrogen) atoms. The van der Waals surface area contributed by atoms with Crippen molar-refractivity contribution in [1.29, 1.82) is 0 Å². The predicted octanol–water partition coefficient (Wildman–Crippen LogP) is 2.59. The van der Waals surface area contributed by atoms with Crippen molar-refractivity contribution in [3.05, 3.63) is 41.0 Å². The fourth-order valence-corrected chi connectivity index (χ4v) is 3.68. The molecule has 4 rings (SSSR count). The van der Waals surface area contributed by atoms with Crippen molar-refractivity contribution in [2.75, 3.05) is 31.6 Å². The summed E-state index contributed by atoms with van der Waals surface area (Å²) in [5.41, 5.74) is 1.03. The average Bonchev–Trinajstić information content (AvgIpc) is 3.48. The maximum Gasteiger partial charge on any atom is 0.320 e. The molecule has 1 aromatic heterocycles. The van der Waals surface area contributed by atoms with Gasteiger partial charge in [0, 0.05) is 43.7 Å². The van der Waals surface area contributed by atoms with Crippen LogP contribution in [0.4, 0.5) is 10.6 Å². The summed E-state index contributed by atoms with van der Waals surface area (Å²) in [7, 11) is 1.82. The molecule has 2 amide bonds. The van der Waals surface area contributed by atoms with Gasteiger partial charge in [-0.15, -0.1) is 0 Å². The van der Waals surface area contributed by atoms with Gasteiger partial charge in [0.05, 0.1) is 18.3 Å². The molecule has 2 aliphatic rings. The Morgan fingerprint density at radius 1 is 1.33 bits per heavy atom. The Morgan fingerprint density at radius 3 is 2.73 bits per heavy atom. The van der Waals surface area contributed by atoms with E-state index in [1.165, 1.54) is 0 Å². The number of anilines is 1. The minimum atomic E-state index is -0.327. The number of halogens is 1. The first-order valence-corrected chi connectivity index (χ1v) is 10.7. The Morgan fingerprint density at radius 2 is 2.07 bits per heavy atom. The van der Waals surface area contributed by atoms with E-state index in [1.807, 2.05) is 37.4 Å². The van der Waals surface area contributed by atoms with Crippen molar-refractivity contribution in [1.82, 2.24) is 20.0 Å². The predicted molar refractivity (Wildman–Crippen MR) is 115 cm³/mol. The minimum absolute atomic E-state index is 0.106. The van der Waals surface area contributed by atoms with Gasteiger partial charge in [-0.05, 0) is 43.5 Å². The largest absolute Gasteiger partial charge is 0.488 e. The van der Waals surface area contributed by atoms with Gasteiger partial charge in [-0.1, -0.05) is 11.6 Å². The molecule has 1 atom stereocenters. The third kappa shape index (κ3) is 5.44. The first-order valence-electron chi connectivity index (χ1n) is 10.4. The zero-order valence-electron chi connectivity index (χ0n) is 17.1. The van der Waals surface area contributed by atoms with Gasteiger partial charge >= 0.3 is 6.03 Å². The molecule has 1 aromatic carbocycles. The van der Waals surface area contributed by atoms with Gasteiger partial charge in [0.25, 0.3) is 0 Å². The van der Waals surface area contributed by atoms with Crippen LogP contribution < -0.4 is 15.4 Å². The van der Waals surface area contributed by atoms with Crippen LogP contribution in [0, 0.1) is 0 Å². The molecule has 8 nitrogen and oxygen atoms in total. The standard InChI is InChI=1S/C21H28ClN5O3/c1-26-20(10-19(25-26)14-2-3-14)24-21(29)23-16(13-28)8-9-27-11-18(12-27)30-17-6-4-15(22)5-7-17/h4-7,10,14,16,18,28H,2-3,8-9,11-13H2,1H3,(H2,23,24,29)/t16-/m0/s1. The van der Waals surface area contributed by atoms with Crippen molar-refractivity contribution >= 4 is 23.4 Å². The molecule has 0 unspecified atom stereocenters. The molecule has 1 aliphatic heterocycles. The maximum absolute atomic E-state index is 12.3. The number of carbonyl (C=O) groups is 1. The minimum Gasteiger partial charge on any atom is -0.488 e. The molecule has 2 heterocycles. The molecule has 1 saturated heterocycles. The van der Waals surface area contributed by atoms with E-state index in [9.17, 15) is 9.90 Å². The van der Waals surface area contributed by atoms with Crippen molar-refractivity contribution in [3.8, 4) is 5.75 Å². The second kappa shape index (κ2) is 9.24. The molecule has 2 fully saturated rings. The number of nitrogens with zero attached hydrogens (tertiary/aromatic N) is 3. The van der Waals surface area contributed by atoms with Gasteiger partial charge in [-0.25, -0.2) is 4.79 Å². The number of rotatable bonds is 9. The molecule has 0 radical (unpaired) electrons. The number of hydrogen-bond acceptors (Lipinski definition) is 5. The highest BCUT2D eigenvalue weighted by atomic mass is 35.5. The highest BCUT2D eigenvalue weighted by molar-refractivity contribution is 6.30. The second-order valence-electron chi connectivity index (χ2n) is 8.07. The van der Waals surface area contributed by atoms with Crippen molar-refractivity contribution in [3.63, 3.8) is 0 Å². The first kappa shape index (κ1) is 21.0. The fraction of sp³-hybridized carbons (Fsp3) is 0.524. The van der Waals surface area contributed by atoms with Gasteiger partial charge in [0.15, 0.2) is 0 Å². The van der Waals surface area contributed by atoms with E-state index in [2.05, 4.69) is 20.6 Å². The summed E-state index contributed by atoms with van der Waals surface area (Å²) in [6.45, 7) is 2.33. The van der Waals surface area contributed by atoms with Crippen molar-refractivity contribution in [2.24, 2.45) is 7.05 Å². The number of amides is 2. The summed E-state index contributed by atoms with van der Waals surface area (Å²) in [6, 6.07) is 8.65. The van der Waals surface area contributed by atoms with Crippen LogP contribution >= 0.6 is 11.6 Å². The van der Waals surface area contributed by atoms with Gasteiger partial charge in [-0.3, -0.25) is 14.9 Å². The van der Waals surface area contributed by atoms with Gasteiger partial charge in [0.1, 0.15) is 17.7 Å². The van der Waals surface area contributed by atoms with E-state index in [4.69, 9.17) is 16.3 Å². The lowest BCUT2D eigenvalue weighted by atomic mass is 10.1. The van der Waals surface area contributed by atoms with Crippen LogP contribution in [0.3, 0.4) is 0 Å². The third-order valence-corrected chi connectivity index (χ3v) is 5.78. The Kier molecular flexibility index (Phi) is 6.46. The Balaban J connectivity index is 1.16. The van der Waals surface area contributed by atoms with Crippen LogP contribution in [0.25, 0.3) is 0 Å². The smallest absolute Gasteiger partial charge is 0.320 e. The zero-order chi connectivity index (χ0) is 21.1. The third-order valence-electron chi connectivity index (χ3n) is 5.53. The molecule has 162 valence electrons. The Hall–Kier alpha value is -2.29. The summed E-state index contributed by atoms with van der Waals surface area (Å²) in [4.78, 5) is 14.6. The quantitative estimate of drug-likeness (QED) is 0.565. The second-order valence-corrected chi connectivity index (χ2v) is 8.51. The maximum atomic E-state index is 12.3. The number of ether oxygens (including phenoxy) is 1. The van der Waals surface area contributed by atoms with E-state index in [0.717, 1.165) is 43.9 Å². The summed E-state index contributed by atoms with van der Waals surface area (Å²) < 4.78 is 7.58. The van der Waals surface area contributed by atoms with Crippen LogP contribution in [0.5, 0.6) is 5.75 Å². The number of urea groups is 1. The molecule has 2 aromatic rings. The highest BCUT2D eigenvalue weighted by Crippen LogP contribution is 2.39. The summed E-state index contributed by atoms with van der Waals surface area (Å²) in [6.07, 6.45) is 3.14. The number of carbonyl (C=O) groups excluding carboxylic acids is 1. The Bertz CT molecular complexity index is 862. The monoisotopic (exact) mass is 433 g/mol. The van der Waals surface area contributed by atoms with Crippen LogP contribution in [0.1, 0.15) is 30.9 Å². The topological polar surface area (TPSA) is 91.7 Å². The van der Waals surface area contributed by atoms with Crippen LogP contribution in [-0.4, -0.2) is 64.2 Å². The first-order chi connectivity index (χ1) is 14.5. The number of benzene rings is 1. The number of aliphatic hydroxyl groups is 1. The number of aryl methyl sites for hydroxylation is 1. The fourth-order valence-electron chi connectivity index (χ4n) is 3.56.